The minimum atomic E-state index is -0.0614. The van der Waals surface area contributed by atoms with Crippen LogP contribution in [0.1, 0.15) is 5.56 Å². The Labute approximate surface area is 130 Å². The summed E-state index contributed by atoms with van der Waals surface area (Å²) in [6.07, 6.45) is 0. The molecule has 0 bridgehead atoms. The highest BCUT2D eigenvalue weighted by Gasteiger charge is 2.11. The van der Waals surface area contributed by atoms with Gasteiger partial charge < -0.3 is 5.73 Å². The van der Waals surface area contributed by atoms with Crippen LogP contribution < -0.4 is 11.3 Å². The van der Waals surface area contributed by atoms with Crippen LogP contribution in [-0.4, -0.2) is 10.5 Å². The molecule has 0 aliphatic carbocycles. The molecule has 0 aliphatic heterocycles. The summed E-state index contributed by atoms with van der Waals surface area (Å²) in [6.45, 7) is 0.267. The van der Waals surface area contributed by atoms with Crippen LogP contribution in [0.15, 0.2) is 47.3 Å². The largest absolute Gasteiger partial charge is 0.320 e. The summed E-state index contributed by atoms with van der Waals surface area (Å²) in [6, 6.07) is 12.8. The van der Waals surface area contributed by atoms with Crippen molar-refractivity contribution in [2.24, 2.45) is 5.73 Å². The van der Waals surface area contributed by atoms with E-state index >= 15 is 0 Å². The van der Waals surface area contributed by atoms with Crippen molar-refractivity contribution in [1.29, 1.82) is 0 Å². The molecule has 3 rings (SSSR count). The van der Waals surface area contributed by atoms with E-state index in [-0.39, 0.29) is 12.1 Å². The van der Waals surface area contributed by atoms with Crippen molar-refractivity contribution in [2.45, 2.75) is 0 Å². The van der Waals surface area contributed by atoms with Crippen LogP contribution in [0.4, 0.5) is 0 Å². The van der Waals surface area contributed by atoms with Crippen LogP contribution in [0.5, 0.6) is 0 Å². The number of fused-ring (bicyclic) bond motifs is 1. The minimum absolute atomic E-state index is 0.0614. The zero-order valence-corrected chi connectivity index (χ0v) is 12.5. The topological polar surface area (TPSA) is 48.0 Å². The first kappa shape index (κ1) is 13.9. The number of nitrogens with two attached hydrogens (primary N) is 1. The van der Waals surface area contributed by atoms with Crippen LogP contribution in [0.25, 0.3) is 15.8 Å². The maximum Gasteiger partial charge on any atom is 0.273 e. The van der Waals surface area contributed by atoms with Gasteiger partial charge in [-0.25, -0.2) is 3.96 Å². The second-order valence-electron chi connectivity index (χ2n) is 4.35. The van der Waals surface area contributed by atoms with Crippen LogP contribution in [0, 0.1) is 11.8 Å². The molecule has 3 aromatic rings. The standard InChI is InChI=1S/C16H11ClN2OS/c17-12-8-7-11(4-3-9-18)14(10-12)19-16(20)13-5-1-2-6-15(13)21-19/h1-2,5-8,10H,9,18H2. The molecule has 104 valence electrons. The Bertz CT molecular complexity index is 931. The quantitative estimate of drug-likeness (QED) is 0.702. The monoisotopic (exact) mass is 314 g/mol. The van der Waals surface area contributed by atoms with E-state index in [9.17, 15) is 4.79 Å². The van der Waals surface area contributed by atoms with E-state index in [0.717, 1.165) is 10.3 Å². The first-order chi connectivity index (χ1) is 10.2. The summed E-state index contributed by atoms with van der Waals surface area (Å²) in [7, 11) is 0. The zero-order chi connectivity index (χ0) is 14.8. The van der Waals surface area contributed by atoms with E-state index < -0.39 is 0 Å². The van der Waals surface area contributed by atoms with Gasteiger partial charge in [0, 0.05) is 10.6 Å². The average molecular weight is 315 g/mol. The summed E-state index contributed by atoms with van der Waals surface area (Å²) < 4.78 is 2.55. The number of rotatable bonds is 1. The van der Waals surface area contributed by atoms with Crippen molar-refractivity contribution in [3.8, 4) is 17.5 Å². The van der Waals surface area contributed by atoms with Gasteiger partial charge >= 0.3 is 0 Å². The number of aromatic nitrogens is 1. The molecule has 0 saturated heterocycles. The van der Waals surface area contributed by atoms with Gasteiger partial charge in [-0.05, 0) is 30.3 Å². The Morgan fingerprint density at radius 1 is 1.24 bits per heavy atom. The van der Waals surface area contributed by atoms with Gasteiger partial charge in [0.1, 0.15) is 0 Å². The van der Waals surface area contributed by atoms with Crippen molar-refractivity contribution in [3.63, 3.8) is 0 Å². The SMILES string of the molecule is NCC#Cc1ccc(Cl)cc1-n1sc2ccccc2c1=O. The molecule has 0 atom stereocenters. The highest BCUT2D eigenvalue weighted by atomic mass is 35.5. The van der Waals surface area contributed by atoms with E-state index in [1.54, 1.807) is 22.2 Å². The van der Waals surface area contributed by atoms with Crippen molar-refractivity contribution in [2.75, 3.05) is 6.54 Å². The molecule has 0 unspecified atom stereocenters. The summed E-state index contributed by atoms with van der Waals surface area (Å²) in [5.74, 6) is 5.79. The molecule has 2 aromatic carbocycles. The lowest BCUT2D eigenvalue weighted by Crippen LogP contribution is -2.12. The maximum atomic E-state index is 12.5. The van der Waals surface area contributed by atoms with Crippen LogP contribution in [0.3, 0.4) is 0 Å². The fourth-order valence-corrected chi connectivity index (χ4v) is 3.24. The van der Waals surface area contributed by atoms with Crippen molar-refractivity contribution in [1.82, 2.24) is 3.96 Å². The van der Waals surface area contributed by atoms with Gasteiger partial charge in [-0.1, -0.05) is 47.1 Å². The number of benzene rings is 2. The molecule has 1 heterocycles. The van der Waals surface area contributed by atoms with Crippen LogP contribution in [0.2, 0.25) is 5.02 Å². The van der Waals surface area contributed by atoms with Gasteiger partial charge in [0.05, 0.1) is 22.3 Å². The summed E-state index contributed by atoms with van der Waals surface area (Å²) in [5, 5.41) is 1.26. The average Bonchev–Trinajstić information content (AvgIpc) is 2.83. The van der Waals surface area contributed by atoms with E-state index in [0.29, 0.717) is 16.1 Å². The molecule has 0 saturated carbocycles. The van der Waals surface area contributed by atoms with Crippen molar-refractivity contribution in [3.05, 3.63) is 63.4 Å². The van der Waals surface area contributed by atoms with Gasteiger partial charge in [0.15, 0.2) is 0 Å². The van der Waals surface area contributed by atoms with Gasteiger partial charge in [0.2, 0.25) is 0 Å². The van der Waals surface area contributed by atoms with Crippen molar-refractivity contribution >= 4 is 33.2 Å². The molecule has 0 radical (unpaired) electrons. The molecule has 3 nitrogen and oxygen atoms in total. The second-order valence-corrected chi connectivity index (χ2v) is 5.78. The van der Waals surface area contributed by atoms with Gasteiger partial charge in [-0.2, -0.15) is 0 Å². The van der Waals surface area contributed by atoms with E-state index in [2.05, 4.69) is 11.8 Å². The van der Waals surface area contributed by atoms with E-state index in [1.165, 1.54) is 11.5 Å². The fourth-order valence-electron chi connectivity index (χ4n) is 2.06. The number of hydrogen-bond acceptors (Lipinski definition) is 3. The van der Waals surface area contributed by atoms with E-state index in [1.807, 2.05) is 24.3 Å². The van der Waals surface area contributed by atoms with Crippen LogP contribution in [-0.2, 0) is 0 Å². The molecule has 1 aromatic heterocycles. The molecule has 5 heteroatoms. The Kier molecular flexibility index (Phi) is 3.80. The Hall–Kier alpha value is -2.06. The summed E-state index contributed by atoms with van der Waals surface area (Å²) in [5.41, 5.74) is 6.78. The maximum absolute atomic E-state index is 12.5. The Morgan fingerprint density at radius 3 is 2.81 bits per heavy atom. The zero-order valence-electron chi connectivity index (χ0n) is 11.0. The fraction of sp³-hybridized carbons (Fsp3) is 0.0625. The predicted octanol–water partition coefficient (Wildman–Crippen LogP) is 3.02. The highest BCUT2D eigenvalue weighted by molar-refractivity contribution is 7.14. The number of nitrogens with zero attached hydrogens (tertiary/aromatic N) is 1. The van der Waals surface area contributed by atoms with Gasteiger partial charge in [-0.3, -0.25) is 4.79 Å². The molecular weight excluding hydrogens is 304 g/mol. The number of hydrogen-bond donors (Lipinski definition) is 1. The van der Waals surface area contributed by atoms with Crippen LogP contribution >= 0.6 is 23.1 Å². The second kappa shape index (κ2) is 5.74. The number of halogens is 1. The predicted molar refractivity (Wildman–Crippen MR) is 88.4 cm³/mol. The third-order valence-corrected chi connectivity index (χ3v) is 4.33. The highest BCUT2D eigenvalue weighted by Crippen LogP contribution is 2.24. The lowest BCUT2D eigenvalue weighted by molar-refractivity contribution is 1.14. The summed E-state index contributed by atoms with van der Waals surface area (Å²) in [4.78, 5) is 12.5. The molecule has 0 amide bonds. The lowest BCUT2D eigenvalue weighted by Gasteiger charge is -2.04. The lowest BCUT2D eigenvalue weighted by atomic mass is 10.2. The molecule has 2 N–H and O–H groups in total. The van der Waals surface area contributed by atoms with Gasteiger partial charge in [-0.15, -0.1) is 0 Å². The molecule has 0 spiro atoms. The molecule has 0 aliphatic rings. The van der Waals surface area contributed by atoms with E-state index in [4.69, 9.17) is 17.3 Å². The van der Waals surface area contributed by atoms with Gasteiger partial charge in [0.25, 0.3) is 5.56 Å². The Balaban J connectivity index is 2.29. The smallest absolute Gasteiger partial charge is 0.273 e. The minimum Gasteiger partial charge on any atom is -0.320 e. The first-order valence-corrected chi connectivity index (χ1v) is 7.46. The third-order valence-electron chi connectivity index (χ3n) is 3.00. The Morgan fingerprint density at radius 2 is 2.05 bits per heavy atom. The molecular formula is C16H11ClN2OS. The third kappa shape index (κ3) is 2.59. The normalized spacial score (nSPS) is 10.4. The molecule has 0 fully saturated rings. The first-order valence-electron chi connectivity index (χ1n) is 6.30. The van der Waals surface area contributed by atoms with Crippen molar-refractivity contribution < 1.29 is 0 Å². The molecule has 21 heavy (non-hydrogen) atoms. The summed E-state index contributed by atoms with van der Waals surface area (Å²) >= 11 is 7.45.